The van der Waals surface area contributed by atoms with Gasteiger partial charge in [-0.15, -0.1) is 0 Å². The van der Waals surface area contributed by atoms with Gasteiger partial charge in [0.15, 0.2) is 11.6 Å². The Bertz CT molecular complexity index is 515. The quantitative estimate of drug-likeness (QED) is 0.619. The van der Waals surface area contributed by atoms with Crippen LogP contribution in [0.1, 0.15) is 48.9 Å². The molecule has 0 aromatic heterocycles. The predicted octanol–water partition coefficient (Wildman–Crippen LogP) is 4.74. The van der Waals surface area contributed by atoms with Gasteiger partial charge in [-0.3, -0.25) is 4.79 Å². The van der Waals surface area contributed by atoms with Crippen molar-refractivity contribution >= 4 is 33.3 Å². The number of hydrogen-bond donors (Lipinski definition) is 1. The number of nitrogens with one attached hydrogen (secondary N) is 1. The zero-order valence-corrected chi connectivity index (χ0v) is 13.8. The maximum absolute atomic E-state index is 14.1. The van der Waals surface area contributed by atoms with Crippen LogP contribution >= 0.6 is 27.5 Å². The molecule has 2 rings (SSSR count). The smallest absolute Gasteiger partial charge is 0.167 e. The molecule has 0 unspecified atom stereocenters. The molecule has 0 spiro atoms. The third-order valence-electron chi connectivity index (χ3n) is 4.18. The maximum atomic E-state index is 14.1. The highest BCUT2D eigenvalue weighted by Gasteiger charge is 2.33. The fourth-order valence-electron chi connectivity index (χ4n) is 2.89. The molecule has 0 atom stereocenters. The first-order valence-corrected chi connectivity index (χ1v) is 8.02. The van der Waals surface area contributed by atoms with Crippen molar-refractivity contribution in [3.63, 3.8) is 0 Å². The molecular formula is C15H18BrClFNO. The summed E-state index contributed by atoms with van der Waals surface area (Å²) in [6, 6.07) is 3.12. The van der Waals surface area contributed by atoms with Crippen molar-refractivity contribution in [3.8, 4) is 0 Å². The molecule has 0 bridgehead atoms. The first-order chi connectivity index (χ1) is 9.49. The molecule has 0 aliphatic heterocycles. The molecule has 1 aromatic rings. The van der Waals surface area contributed by atoms with Gasteiger partial charge >= 0.3 is 0 Å². The topological polar surface area (TPSA) is 29.1 Å². The lowest BCUT2D eigenvalue weighted by Gasteiger charge is -2.36. The third-order valence-corrected chi connectivity index (χ3v) is 5.43. The molecule has 1 aliphatic carbocycles. The average molecular weight is 363 g/mol. The van der Waals surface area contributed by atoms with Gasteiger partial charge in [-0.25, -0.2) is 4.39 Å². The lowest BCUT2D eigenvalue weighted by Crippen LogP contribution is -2.46. The van der Waals surface area contributed by atoms with E-state index in [4.69, 9.17) is 11.6 Å². The van der Waals surface area contributed by atoms with Crippen molar-refractivity contribution in [1.29, 1.82) is 0 Å². The van der Waals surface area contributed by atoms with Crippen LogP contribution in [0.2, 0.25) is 5.02 Å². The van der Waals surface area contributed by atoms with E-state index >= 15 is 0 Å². The Balaban J connectivity index is 2.21. The zero-order chi connectivity index (χ0) is 14.8. The van der Waals surface area contributed by atoms with E-state index in [1.165, 1.54) is 12.5 Å². The summed E-state index contributed by atoms with van der Waals surface area (Å²) in [7, 11) is 1.88. The highest BCUT2D eigenvalue weighted by molar-refractivity contribution is 9.10. The first kappa shape index (κ1) is 15.9. The van der Waals surface area contributed by atoms with Crippen LogP contribution in [0.4, 0.5) is 4.39 Å². The number of benzene rings is 1. The van der Waals surface area contributed by atoms with Crippen molar-refractivity contribution in [2.75, 3.05) is 7.05 Å². The van der Waals surface area contributed by atoms with Gasteiger partial charge in [0.1, 0.15) is 0 Å². The van der Waals surface area contributed by atoms with Crippen molar-refractivity contribution in [3.05, 3.63) is 33.0 Å². The van der Waals surface area contributed by atoms with Crippen LogP contribution in [0, 0.1) is 5.82 Å². The Kier molecular flexibility index (Phi) is 5.21. The molecule has 0 heterocycles. The van der Waals surface area contributed by atoms with Crippen molar-refractivity contribution < 1.29 is 9.18 Å². The van der Waals surface area contributed by atoms with Crippen molar-refractivity contribution in [2.45, 2.75) is 44.1 Å². The van der Waals surface area contributed by atoms with Crippen LogP contribution in [0.3, 0.4) is 0 Å². The maximum Gasteiger partial charge on any atom is 0.167 e. The van der Waals surface area contributed by atoms with Gasteiger partial charge < -0.3 is 5.32 Å². The average Bonchev–Trinajstić information content (AvgIpc) is 2.45. The largest absolute Gasteiger partial charge is 0.314 e. The minimum Gasteiger partial charge on any atom is -0.314 e. The van der Waals surface area contributed by atoms with Crippen LogP contribution in [-0.4, -0.2) is 18.4 Å². The molecule has 1 aromatic carbocycles. The van der Waals surface area contributed by atoms with E-state index in [9.17, 15) is 9.18 Å². The Labute approximate surface area is 132 Å². The van der Waals surface area contributed by atoms with Gasteiger partial charge in [0.2, 0.25) is 0 Å². The number of carbonyl (C=O) groups is 1. The number of carbonyl (C=O) groups excluding carboxylic acids is 1. The summed E-state index contributed by atoms with van der Waals surface area (Å²) in [5, 5.41) is 3.25. The van der Waals surface area contributed by atoms with E-state index in [1.807, 2.05) is 7.05 Å². The van der Waals surface area contributed by atoms with E-state index < -0.39 is 5.82 Å². The number of halogens is 3. The molecule has 1 fully saturated rings. The van der Waals surface area contributed by atoms with Crippen molar-refractivity contribution in [1.82, 2.24) is 5.32 Å². The van der Waals surface area contributed by atoms with E-state index in [1.54, 1.807) is 6.07 Å². The Morgan fingerprint density at radius 1 is 1.40 bits per heavy atom. The summed E-state index contributed by atoms with van der Waals surface area (Å²) in [5.41, 5.74) is -0.111. The zero-order valence-electron chi connectivity index (χ0n) is 11.4. The molecule has 20 heavy (non-hydrogen) atoms. The highest BCUT2D eigenvalue weighted by atomic mass is 79.9. The standard InChI is InChI=1S/C15H18BrClFNO/c1-19-15(7-3-2-4-8-15)9-12(20)10-5-6-11(16)13(17)14(10)18/h5-6,19H,2-4,7-9H2,1H3. The number of rotatable bonds is 4. The minimum atomic E-state index is -0.631. The highest BCUT2D eigenvalue weighted by Crippen LogP contribution is 2.33. The molecule has 0 radical (unpaired) electrons. The molecule has 1 aliphatic rings. The molecule has 2 nitrogen and oxygen atoms in total. The molecule has 5 heteroatoms. The van der Waals surface area contributed by atoms with Gasteiger partial charge in [0.25, 0.3) is 0 Å². The van der Waals surface area contributed by atoms with E-state index in [-0.39, 0.29) is 21.9 Å². The Morgan fingerprint density at radius 2 is 2.05 bits per heavy atom. The van der Waals surface area contributed by atoms with Gasteiger partial charge in [-0.1, -0.05) is 30.9 Å². The summed E-state index contributed by atoms with van der Waals surface area (Å²) in [6.45, 7) is 0. The molecule has 0 saturated heterocycles. The van der Waals surface area contributed by atoms with Crippen LogP contribution in [0.15, 0.2) is 16.6 Å². The first-order valence-electron chi connectivity index (χ1n) is 6.85. The van der Waals surface area contributed by atoms with Crippen molar-refractivity contribution in [2.24, 2.45) is 0 Å². The summed E-state index contributed by atoms with van der Waals surface area (Å²) < 4.78 is 14.6. The fourth-order valence-corrected chi connectivity index (χ4v) is 3.36. The second-order valence-corrected chi connectivity index (χ2v) is 6.65. The second-order valence-electron chi connectivity index (χ2n) is 5.41. The van der Waals surface area contributed by atoms with Crippen LogP contribution < -0.4 is 5.32 Å². The summed E-state index contributed by atoms with van der Waals surface area (Å²) in [4.78, 5) is 12.4. The van der Waals surface area contributed by atoms with Crippen LogP contribution in [0.25, 0.3) is 0 Å². The normalized spacial score (nSPS) is 18.0. The second kappa shape index (κ2) is 6.54. The lowest BCUT2D eigenvalue weighted by atomic mass is 9.77. The van der Waals surface area contributed by atoms with Gasteiger partial charge in [0.05, 0.1) is 10.6 Å². The Morgan fingerprint density at radius 3 is 2.65 bits per heavy atom. The van der Waals surface area contributed by atoms with Gasteiger partial charge in [-0.2, -0.15) is 0 Å². The molecule has 1 saturated carbocycles. The molecule has 110 valence electrons. The minimum absolute atomic E-state index is 0.0296. The van der Waals surface area contributed by atoms with E-state index in [0.717, 1.165) is 25.7 Å². The van der Waals surface area contributed by atoms with Gasteiger partial charge in [0, 0.05) is 16.4 Å². The van der Waals surface area contributed by atoms with Crippen LogP contribution in [0.5, 0.6) is 0 Å². The van der Waals surface area contributed by atoms with E-state index in [2.05, 4.69) is 21.2 Å². The Hall–Kier alpha value is -0.450. The third kappa shape index (κ3) is 3.23. The summed E-state index contributed by atoms with van der Waals surface area (Å²) in [6.07, 6.45) is 5.66. The van der Waals surface area contributed by atoms with Crippen LogP contribution in [-0.2, 0) is 0 Å². The molecule has 1 N–H and O–H groups in total. The fraction of sp³-hybridized carbons (Fsp3) is 0.533. The molecule has 0 amide bonds. The SMILES string of the molecule is CNC1(CC(=O)c2ccc(Br)c(Cl)c2F)CCCCC1. The number of hydrogen-bond acceptors (Lipinski definition) is 2. The number of Topliss-reactive ketones (excluding diaryl/α,β-unsaturated/α-hetero) is 1. The monoisotopic (exact) mass is 361 g/mol. The molecular weight excluding hydrogens is 345 g/mol. The lowest BCUT2D eigenvalue weighted by molar-refractivity contribution is 0.0911. The predicted molar refractivity (Wildman–Crippen MR) is 82.9 cm³/mol. The number of ketones is 1. The van der Waals surface area contributed by atoms with Gasteiger partial charge in [-0.05, 0) is 48.0 Å². The van der Waals surface area contributed by atoms with E-state index in [0.29, 0.717) is 10.9 Å². The summed E-state index contributed by atoms with van der Waals surface area (Å²) >= 11 is 9.00. The summed E-state index contributed by atoms with van der Waals surface area (Å²) in [5.74, 6) is -0.818.